The number of carbonyl (C=O) groups excluding carboxylic acids is 2. The van der Waals surface area contributed by atoms with E-state index in [0.717, 1.165) is 5.56 Å². The average molecular weight is 563 g/mol. The number of amides is 2. The maximum atomic E-state index is 15.3. The predicted octanol–water partition coefficient (Wildman–Crippen LogP) is 5.14. The maximum absolute atomic E-state index is 15.3. The molecular formula is C30H28F2N4O3S. The number of methoxy groups -OCH3 is 1. The fourth-order valence-corrected chi connectivity index (χ4v) is 5.89. The van der Waals surface area contributed by atoms with Gasteiger partial charge in [0.2, 0.25) is 11.8 Å². The molecular weight excluding hydrogens is 534 g/mol. The number of hydrogen-bond donors (Lipinski definition) is 1. The van der Waals surface area contributed by atoms with Crippen LogP contribution >= 0.6 is 11.8 Å². The smallest absolute Gasteiger partial charge is 0.240 e. The van der Waals surface area contributed by atoms with Crippen LogP contribution in [0.25, 0.3) is 16.9 Å². The molecule has 2 amide bonds. The lowest BCUT2D eigenvalue weighted by molar-refractivity contribution is -0.122. The molecule has 0 saturated carbocycles. The number of fused-ring (bicyclic) bond motifs is 1. The molecule has 0 aliphatic carbocycles. The Morgan fingerprint density at radius 2 is 1.77 bits per heavy atom. The molecule has 10 heteroatoms. The molecule has 3 aromatic carbocycles. The van der Waals surface area contributed by atoms with Crippen LogP contribution in [-0.2, 0) is 14.3 Å². The fraction of sp³-hybridized carbons (Fsp3) is 0.233. The molecule has 4 aromatic rings. The summed E-state index contributed by atoms with van der Waals surface area (Å²) in [5.41, 5.74) is 2.81. The molecule has 0 unspecified atom stereocenters. The Kier molecular flexibility index (Phi) is 8.57. The van der Waals surface area contributed by atoms with E-state index in [4.69, 9.17) is 9.84 Å². The highest BCUT2D eigenvalue weighted by Crippen LogP contribution is 2.49. The second-order valence-corrected chi connectivity index (χ2v) is 10.3. The first-order valence-corrected chi connectivity index (χ1v) is 13.9. The highest BCUT2D eigenvalue weighted by atomic mass is 32.2. The van der Waals surface area contributed by atoms with E-state index in [-0.39, 0.29) is 24.1 Å². The number of nitrogens with one attached hydrogen (secondary N) is 1. The van der Waals surface area contributed by atoms with Crippen molar-refractivity contribution in [3.05, 3.63) is 102 Å². The number of nitrogens with zero attached hydrogens (tertiary/aromatic N) is 3. The second kappa shape index (κ2) is 12.4. The van der Waals surface area contributed by atoms with E-state index >= 15 is 4.39 Å². The molecule has 206 valence electrons. The van der Waals surface area contributed by atoms with E-state index in [1.54, 1.807) is 42.1 Å². The van der Waals surface area contributed by atoms with Gasteiger partial charge in [-0.3, -0.25) is 14.5 Å². The van der Waals surface area contributed by atoms with Gasteiger partial charge >= 0.3 is 0 Å². The lowest BCUT2D eigenvalue weighted by Crippen LogP contribution is -2.42. The number of carbonyl (C=O) groups is 2. The third-order valence-corrected chi connectivity index (χ3v) is 7.78. The van der Waals surface area contributed by atoms with Gasteiger partial charge in [-0.15, -0.1) is 11.8 Å². The van der Waals surface area contributed by atoms with Crippen molar-refractivity contribution >= 4 is 29.4 Å². The van der Waals surface area contributed by atoms with Crippen LogP contribution in [0, 0.1) is 11.6 Å². The van der Waals surface area contributed by atoms with Gasteiger partial charge in [0.25, 0.3) is 0 Å². The van der Waals surface area contributed by atoms with Crippen LogP contribution in [-0.4, -0.2) is 54.2 Å². The summed E-state index contributed by atoms with van der Waals surface area (Å²) in [6, 6.07) is 21.6. The highest BCUT2D eigenvalue weighted by Gasteiger charge is 2.38. The van der Waals surface area contributed by atoms with Gasteiger partial charge in [0.15, 0.2) is 0 Å². The van der Waals surface area contributed by atoms with Crippen molar-refractivity contribution in [1.82, 2.24) is 15.1 Å². The summed E-state index contributed by atoms with van der Waals surface area (Å²) in [6.45, 7) is 0.622. The van der Waals surface area contributed by atoms with Crippen LogP contribution < -0.4 is 10.2 Å². The zero-order valence-electron chi connectivity index (χ0n) is 21.8. The van der Waals surface area contributed by atoms with E-state index < -0.39 is 16.9 Å². The Morgan fingerprint density at radius 1 is 1.05 bits per heavy atom. The molecule has 0 fully saturated rings. The van der Waals surface area contributed by atoms with Gasteiger partial charge in [0.1, 0.15) is 24.0 Å². The SMILES string of the molecule is COCCCNC(=O)CN1C(=O)CS[C@H](c2ccccc2F)c2c(-c3ccccc3)nn(-c3ccc(F)cc3)c21. The molecule has 0 saturated heterocycles. The molecule has 0 radical (unpaired) electrons. The van der Waals surface area contributed by atoms with E-state index in [1.165, 1.54) is 34.9 Å². The Labute approximate surface area is 235 Å². The van der Waals surface area contributed by atoms with Crippen LogP contribution in [0.15, 0.2) is 78.9 Å². The van der Waals surface area contributed by atoms with Gasteiger partial charge in [-0.25, -0.2) is 13.5 Å². The summed E-state index contributed by atoms with van der Waals surface area (Å²) in [7, 11) is 1.59. The van der Waals surface area contributed by atoms with Crippen molar-refractivity contribution in [3.63, 3.8) is 0 Å². The molecule has 2 heterocycles. The van der Waals surface area contributed by atoms with Crippen LogP contribution in [0.2, 0.25) is 0 Å². The number of halogens is 2. The van der Waals surface area contributed by atoms with Gasteiger partial charge in [-0.1, -0.05) is 48.5 Å². The molecule has 0 spiro atoms. The van der Waals surface area contributed by atoms with Gasteiger partial charge in [-0.2, -0.15) is 5.10 Å². The molecule has 1 N–H and O–H groups in total. The van der Waals surface area contributed by atoms with E-state index in [2.05, 4.69) is 5.32 Å². The van der Waals surface area contributed by atoms with Crippen LogP contribution in [0.1, 0.15) is 22.8 Å². The first-order chi connectivity index (χ1) is 19.5. The molecule has 1 aliphatic rings. The Balaban J connectivity index is 1.71. The quantitative estimate of drug-likeness (QED) is 0.286. The van der Waals surface area contributed by atoms with Gasteiger partial charge in [-0.05, 0) is 36.8 Å². The molecule has 40 heavy (non-hydrogen) atoms. The molecule has 5 rings (SSSR count). The molecule has 0 bridgehead atoms. The largest absolute Gasteiger partial charge is 0.385 e. The minimum absolute atomic E-state index is 0.0162. The van der Waals surface area contributed by atoms with E-state index in [1.807, 2.05) is 30.3 Å². The summed E-state index contributed by atoms with van der Waals surface area (Å²) < 4.78 is 35.7. The van der Waals surface area contributed by atoms with Gasteiger partial charge in [0.05, 0.1) is 22.4 Å². The molecule has 1 aromatic heterocycles. The van der Waals surface area contributed by atoms with Crippen LogP contribution in [0.3, 0.4) is 0 Å². The standard InChI is InChI=1S/C30H28F2N4O3S/c1-39-17-7-16-33-25(37)18-35-26(38)19-40-29(23-10-5-6-11-24(23)32)27-28(20-8-3-2-4-9-20)34-36(30(27)35)22-14-12-21(31)13-15-22/h2-6,8-15,29H,7,16-19H2,1H3,(H,33,37)/t29-/m1/s1. The summed E-state index contributed by atoms with van der Waals surface area (Å²) in [5.74, 6) is -1.13. The van der Waals surface area contributed by atoms with Crippen LogP contribution in [0.5, 0.6) is 0 Å². The average Bonchev–Trinajstić information content (AvgIpc) is 3.29. The topological polar surface area (TPSA) is 76.5 Å². The van der Waals surface area contributed by atoms with Crippen molar-refractivity contribution < 1.29 is 23.1 Å². The summed E-state index contributed by atoms with van der Waals surface area (Å²) in [6.07, 6.45) is 0.623. The fourth-order valence-electron chi connectivity index (χ4n) is 4.67. The number of thioether (sulfide) groups is 1. The first kappa shape index (κ1) is 27.5. The van der Waals surface area contributed by atoms with Crippen molar-refractivity contribution in [3.8, 4) is 16.9 Å². The number of rotatable bonds is 9. The van der Waals surface area contributed by atoms with Gasteiger partial charge in [0, 0.05) is 37.0 Å². The lowest BCUT2D eigenvalue weighted by Gasteiger charge is -2.23. The number of anilines is 1. The highest BCUT2D eigenvalue weighted by molar-refractivity contribution is 8.00. The van der Waals surface area contributed by atoms with Crippen molar-refractivity contribution in [1.29, 1.82) is 0 Å². The lowest BCUT2D eigenvalue weighted by atomic mass is 9.99. The maximum Gasteiger partial charge on any atom is 0.240 e. The second-order valence-electron chi connectivity index (χ2n) is 9.23. The third kappa shape index (κ3) is 5.78. The zero-order valence-corrected chi connectivity index (χ0v) is 22.7. The zero-order chi connectivity index (χ0) is 28.1. The number of aromatic nitrogens is 2. The minimum atomic E-state index is -0.598. The Morgan fingerprint density at radius 3 is 2.50 bits per heavy atom. The third-order valence-electron chi connectivity index (χ3n) is 6.54. The number of hydrogen-bond acceptors (Lipinski definition) is 5. The van der Waals surface area contributed by atoms with Crippen molar-refractivity contribution in [2.75, 3.05) is 37.5 Å². The molecule has 1 aliphatic heterocycles. The number of ether oxygens (including phenoxy) is 1. The predicted molar refractivity (Wildman–Crippen MR) is 152 cm³/mol. The van der Waals surface area contributed by atoms with Crippen LogP contribution in [0.4, 0.5) is 14.6 Å². The first-order valence-electron chi connectivity index (χ1n) is 12.8. The monoisotopic (exact) mass is 562 g/mol. The minimum Gasteiger partial charge on any atom is -0.385 e. The molecule has 1 atom stereocenters. The van der Waals surface area contributed by atoms with E-state index in [0.29, 0.717) is 47.9 Å². The van der Waals surface area contributed by atoms with Crippen molar-refractivity contribution in [2.45, 2.75) is 11.7 Å². The van der Waals surface area contributed by atoms with Gasteiger partial charge < -0.3 is 10.1 Å². The summed E-state index contributed by atoms with van der Waals surface area (Å²) >= 11 is 1.28. The van der Waals surface area contributed by atoms with E-state index in [9.17, 15) is 14.0 Å². The van der Waals surface area contributed by atoms with Crippen molar-refractivity contribution in [2.24, 2.45) is 0 Å². The Hall–Kier alpha value is -4.02. The summed E-state index contributed by atoms with van der Waals surface area (Å²) in [5, 5.41) is 7.14. The number of benzene rings is 3. The Bertz CT molecular complexity index is 1490. The molecule has 7 nitrogen and oxygen atoms in total. The summed E-state index contributed by atoms with van der Waals surface area (Å²) in [4.78, 5) is 28.1. The normalized spacial score (nSPS) is 15.0.